The first kappa shape index (κ1) is 50.6. The van der Waals surface area contributed by atoms with E-state index in [0.29, 0.717) is 12.8 Å². The Morgan fingerprint density at radius 1 is 0.678 bits per heavy atom. The summed E-state index contributed by atoms with van der Waals surface area (Å²) in [6.45, 7) is 0.378. The summed E-state index contributed by atoms with van der Waals surface area (Å²) in [4.78, 5) is 147. The average Bonchev–Trinajstić information content (AvgIpc) is 3.61. The summed E-state index contributed by atoms with van der Waals surface area (Å²) in [6, 6.07) is -9.32. The number of nitrogens with two attached hydrogens (primary N) is 3. The Kier molecular flexibility index (Phi) is 22.1. The molecule has 0 aromatic heterocycles. The maximum Gasteiger partial charge on any atom is 0.326 e. The molecule has 0 aromatic carbocycles. The molecular weight excluding hydrogens is 788 g/mol. The van der Waals surface area contributed by atoms with E-state index in [1.165, 1.54) is 13.8 Å². The summed E-state index contributed by atoms with van der Waals surface area (Å²) >= 11 is 0. The molecule has 11 amide bonds. The Bertz CT molecular complexity index is 1590. The third kappa shape index (κ3) is 19.5. The normalized spacial score (nSPS) is 16.2. The zero-order valence-electron chi connectivity index (χ0n) is 32.6. The van der Waals surface area contributed by atoms with Crippen LogP contribution < -0.4 is 65.1 Å². The minimum Gasteiger partial charge on any atom is -0.480 e. The van der Waals surface area contributed by atoms with Gasteiger partial charge in [-0.2, -0.15) is 0 Å². The lowest BCUT2D eigenvalue weighted by molar-refractivity contribution is -0.144. The van der Waals surface area contributed by atoms with E-state index < -0.39 is 140 Å². The van der Waals surface area contributed by atoms with Crippen LogP contribution >= 0.6 is 0 Å². The van der Waals surface area contributed by atoms with Crippen LogP contribution in [0.3, 0.4) is 0 Å². The molecule has 0 radical (unpaired) electrons. The molecule has 0 aliphatic carbocycles. The number of aliphatic hydroxyl groups is 1. The summed E-state index contributed by atoms with van der Waals surface area (Å²) in [7, 11) is 0. The monoisotopic (exact) mass is 842 g/mol. The molecule has 1 fully saturated rings. The van der Waals surface area contributed by atoms with Crippen LogP contribution in [0.25, 0.3) is 0 Å². The molecule has 26 nitrogen and oxygen atoms in total. The predicted molar refractivity (Wildman–Crippen MR) is 200 cm³/mol. The minimum atomic E-state index is -1.75. The summed E-state index contributed by atoms with van der Waals surface area (Å²) in [5.41, 5.74) is 15.7. The Morgan fingerprint density at radius 3 is 1.76 bits per heavy atom. The zero-order chi connectivity index (χ0) is 44.8. The van der Waals surface area contributed by atoms with Crippen molar-refractivity contribution in [2.75, 3.05) is 26.2 Å². The van der Waals surface area contributed by atoms with Crippen molar-refractivity contribution in [2.24, 2.45) is 17.2 Å². The first-order chi connectivity index (χ1) is 27.7. The molecule has 1 aliphatic heterocycles. The molecule has 0 unspecified atom stereocenters. The number of aliphatic carboxylic acids is 1. The predicted octanol–water partition coefficient (Wildman–Crippen LogP) is -8.21. The number of hydrogen-bond donors (Lipinski definition) is 14. The van der Waals surface area contributed by atoms with Gasteiger partial charge in [-0.25, -0.2) is 4.79 Å². The first-order valence-electron chi connectivity index (χ1n) is 18.4. The molecule has 330 valence electrons. The van der Waals surface area contributed by atoms with Crippen molar-refractivity contribution in [3.8, 4) is 0 Å². The number of primary amides is 2. The number of hydrogen-bond acceptors (Lipinski definition) is 14. The maximum absolute atomic E-state index is 13.3. The van der Waals surface area contributed by atoms with Crippen molar-refractivity contribution in [3.05, 3.63) is 0 Å². The highest BCUT2D eigenvalue weighted by Gasteiger charge is 2.32. The number of unbranched alkanes of at least 4 members (excludes halogenated alkanes) is 1. The summed E-state index contributed by atoms with van der Waals surface area (Å²) in [6.07, 6.45) is -0.103. The second-order valence-electron chi connectivity index (χ2n) is 13.4. The van der Waals surface area contributed by atoms with Gasteiger partial charge in [0, 0.05) is 12.8 Å². The maximum atomic E-state index is 13.3. The second-order valence-corrected chi connectivity index (χ2v) is 13.4. The van der Waals surface area contributed by atoms with E-state index in [2.05, 4.69) is 37.2 Å². The number of carboxylic acid groups (broad SMARTS) is 1. The summed E-state index contributed by atoms with van der Waals surface area (Å²) < 4.78 is 0. The van der Waals surface area contributed by atoms with Crippen LogP contribution in [0.2, 0.25) is 0 Å². The van der Waals surface area contributed by atoms with Gasteiger partial charge in [0.1, 0.15) is 42.3 Å². The number of rotatable bonds is 27. The van der Waals surface area contributed by atoms with Gasteiger partial charge in [0.2, 0.25) is 65.0 Å². The summed E-state index contributed by atoms with van der Waals surface area (Å²) in [5.74, 6) is -10.9. The van der Waals surface area contributed by atoms with E-state index in [1.54, 1.807) is 0 Å². The van der Waals surface area contributed by atoms with Crippen molar-refractivity contribution >= 4 is 70.9 Å². The van der Waals surface area contributed by atoms with Gasteiger partial charge in [0.05, 0.1) is 26.1 Å². The van der Waals surface area contributed by atoms with Crippen LogP contribution in [0, 0.1) is 0 Å². The molecule has 1 aliphatic rings. The fraction of sp³-hybridized carbons (Fsp3) is 0.636. The van der Waals surface area contributed by atoms with E-state index in [9.17, 15) is 62.6 Å². The molecule has 0 aromatic rings. The van der Waals surface area contributed by atoms with Crippen molar-refractivity contribution in [1.29, 1.82) is 0 Å². The molecule has 26 heteroatoms. The lowest BCUT2D eigenvalue weighted by Crippen LogP contribution is -2.58. The number of aliphatic hydroxyl groups excluding tert-OH is 1. The molecular formula is C33H54N12O14. The number of carbonyl (C=O) groups is 12. The molecule has 7 atom stereocenters. The van der Waals surface area contributed by atoms with Crippen LogP contribution in [-0.2, 0) is 57.5 Å². The number of carboxylic acids is 1. The molecule has 17 N–H and O–H groups in total. The number of nitrogens with one attached hydrogen (secondary N) is 9. The largest absolute Gasteiger partial charge is 0.480 e. The van der Waals surface area contributed by atoms with Crippen LogP contribution in [-0.4, -0.2) is 150 Å². The van der Waals surface area contributed by atoms with Gasteiger partial charge in [-0.1, -0.05) is 0 Å². The standard InChI is InChI=1S/C33H54N12O14/c1-15(40-31(56)19-7-9-24(49)41-19)27(52)43-17(5-3-4-10-34)30(55)39-16(2)28(53)44-18(6-8-22(35)47)29(54)38-12-25(50)37-13-26(51)42-21(14-46)32(57)45-20(33(58)59)11-23(36)48/h15-21,46H,3-14,34H2,1-2H3,(H2,35,47)(H2,36,48)(H,37,50)(H,38,54)(H,39,55)(H,40,56)(H,41,49)(H,42,51)(H,43,52)(H,44,53)(H,45,57)(H,58,59)/t15-,16-,17-,18-,19-,20-,21-/m0/s1. The molecule has 0 bridgehead atoms. The highest BCUT2D eigenvalue weighted by atomic mass is 16.4. The molecule has 1 rings (SSSR count). The van der Waals surface area contributed by atoms with Gasteiger partial charge in [0.15, 0.2) is 0 Å². The van der Waals surface area contributed by atoms with Crippen molar-refractivity contribution in [1.82, 2.24) is 47.9 Å². The van der Waals surface area contributed by atoms with Gasteiger partial charge in [0.25, 0.3) is 0 Å². The van der Waals surface area contributed by atoms with Crippen molar-refractivity contribution < 1.29 is 67.7 Å². The highest BCUT2D eigenvalue weighted by Crippen LogP contribution is 2.08. The smallest absolute Gasteiger partial charge is 0.326 e. The molecule has 1 saturated heterocycles. The molecule has 0 spiro atoms. The SMILES string of the molecule is C[C@H](NC(=O)[C@@H]1CCC(=O)N1)C(=O)N[C@@H](CCCCN)C(=O)N[C@@H](C)C(=O)N[C@@H](CCC(N)=O)C(=O)NCC(=O)NCC(=O)N[C@@H](CO)C(=O)N[C@@H](CC(N)=O)C(=O)O. The molecule has 0 saturated carbocycles. The topological polar surface area (TPSA) is 432 Å². The Balaban J connectivity index is 2.80. The van der Waals surface area contributed by atoms with Gasteiger partial charge >= 0.3 is 5.97 Å². The van der Waals surface area contributed by atoms with Crippen LogP contribution in [0.15, 0.2) is 0 Å². The van der Waals surface area contributed by atoms with Crippen LogP contribution in [0.4, 0.5) is 0 Å². The van der Waals surface area contributed by atoms with Crippen molar-refractivity contribution in [2.45, 2.75) is 108 Å². The van der Waals surface area contributed by atoms with E-state index in [1.807, 2.05) is 10.6 Å². The third-order valence-electron chi connectivity index (χ3n) is 8.43. The lowest BCUT2D eigenvalue weighted by Gasteiger charge is -2.24. The molecule has 59 heavy (non-hydrogen) atoms. The minimum absolute atomic E-state index is 0.0960. The van der Waals surface area contributed by atoms with Gasteiger partial charge in [-0.05, 0) is 52.5 Å². The van der Waals surface area contributed by atoms with Crippen molar-refractivity contribution in [3.63, 3.8) is 0 Å². The zero-order valence-corrected chi connectivity index (χ0v) is 32.6. The van der Waals surface area contributed by atoms with Gasteiger partial charge < -0.3 is 75.3 Å². The van der Waals surface area contributed by atoms with Gasteiger partial charge in [-0.3, -0.25) is 52.7 Å². The quantitative estimate of drug-likeness (QED) is 0.0342. The fourth-order valence-electron chi connectivity index (χ4n) is 5.13. The third-order valence-corrected chi connectivity index (χ3v) is 8.43. The van der Waals surface area contributed by atoms with Crippen LogP contribution in [0.1, 0.15) is 65.2 Å². The van der Waals surface area contributed by atoms with E-state index >= 15 is 0 Å². The summed E-state index contributed by atoms with van der Waals surface area (Å²) in [5, 5.41) is 39.2. The Hall–Kier alpha value is -6.44. The molecule has 1 heterocycles. The highest BCUT2D eigenvalue weighted by molar-refractivity contribution is 5.98. The first-order valence-corrected chi connectivity index (χ1v) is 18.4. The Morgan fingerprint density at radius 2 is 1.24 bits per heavy atom. The number of carbonyl (C=O) groups excluding carboxylic acids is 11. The van der Waals surface area contributed by atoms with Crippen LogP contribution in [0.5, 0.6) is 0 Å². The van der Waals surface area contributed by atoms with E-state index in [-0.39, 0.29) is 38.1 Å². The van der Waals surface area contributed by atoms with E-state index in [0.717, 1.165) is 0 Å². The fourth-order valence-corrected chi connectivity index (χ4v) is 5.13. The van der Waals surface area contributed by atoms with E-state index in [4.69, 9.17) is 22.3 Å². The lowest BCUT2D eigenvalue weighted by atomic mass is 10.1. The number of amides is 11. The average molecular weight is 843 g/mol. The Labute approximate surface area is 337 Å². The van der Waals surface area contributed by atoms with Gasteiger partial charge in [-0.15, -0.1) is 0 Å². The second kappa shape index (κ2) is 25.7.